The van der Waals surface area contributed by atoms with E-state index in [9.17, 15) is 9.18 Å². The zero-order valence-electron chi connectivity index (χ0n) is 18.8. The molecular weight excluding hydrogens is 477 g/mol. The molecule has 0 bridgehead atoms. The van der Waals surface area contributed by atoms with Crippen molar-refractivity contribution >= 4 is 35.0 Å². The maximum atomic E-state index is 13.8. The number of nitrogens with one attached hydrogen (secondary N) is 1. The molecule has 1 aromatic carbocycles. The summed E-state index contributed by atoms with van der Waals surface area (Å²) in [5, 5.41) is 4.37. The Hall–Kier alpha value is -2.78. The van der Waals surface area contributed by atoms with E-state index in [0.717, 1.165) is 52.5 Å². The van der Waals surface area contributed by atoms with Crippen LogP contribution in [-0.4, -0.2) is 51.7 Å². The number of thiazole rings is 1. The maximum absolute atomic E-state index is 13.8. The number of aromatic nitrogens is 3. The molecule has 0 unspecified atom stereocenters. The lowest BCUT2D eigenvalue weighted by Gasteiger charge is -2.30. The standard InChI is InChI=1S/C24H25ClFN5O2S/c1-2-33-24(32)31-11-8-14(9-12-31)22-30-20(15-3-6-18(26)17(25)13-15)21(34-22)19-7-10-27-23(29-19)28-16-4-5-16/h3,6-7,10,13-14,16H,2,4-5,8-9,11-12H2,1H3,(H,27,28,29). The van der Waals surface area contributed by atoms with Crippen LogP contribution in [-0.2, 0) is 4.74 Å². The number of carbonyl (C=O) groups is 1. The number of hydrogen-bond acceptors (Lipinski definition) is 7. The van der Waals surface area contributed by atoms with Crippen molar-refractivity contribution in [1.82, 2.24) is 19.9 Å². The molecule has 1 aliphatic carbocycles. The molecule has 1 N–H and O–H groups in total. The summed E-state index contributed by atoms with van der Waals surface area (Å²) >= 11 is 7.68. The first kappa shape index (κ1) is 23.0. The number of carbonyl (C=O) groups excluding carboxylic acids is 1. The Morgan fingerprint density at radius 3 is 2.74 bits per heavy atom. The summed E-state index contributed by atoms with van der Waals surface area (Å²) in [5.74, 6) is 0.345. The second-order valence-electron chi connectivity index (χ2n) is 8.50. The zero-order valence-corrected chi connectivity index (χ0v) is 20.3. The predicted octanol–water partition coefficient (Wildman–Crippen LogP) is 5.97. The highest BCUT2D eigenvalue weighted by molar-refractivity contribution is 7.15. The normalized spacial score (nSPS) is 16.5. The molecule has 34 heavy (non-hydrogen) atoms. The van der Waals surface area contributed by atoms with Crippen LogP contribution in [0.15, 0.2) is 30.5 Å². The minimum absolute atomic E-state index is 0.0551. The first-order valence-electron chi connectivity index (χ1n) is 11.5. The molecule has 2 fully saturated rings. The van der Waals surface area contributed by atoms with E-state index in [1.807, 2.05) is 13.0 Å². The van der Waals surface area contributed by atoms with E-state index in [-0.39, 0.29) is 17.0 Å². The number of amides is 1. The third kappa shape index (κ3) is 5.00. The largest absolute Gasteiger partial charge is 0.450 e. The molecule has 1 amide bonds. The van der Waals surface area contributed by atoms with Gasteiger partial charge in [-0.1, -0.05) is 11.6 Å². The van der Waals surface area contributed by atoms with Crippen molar-refractivity contribution in [3.63, 3.8) is 0 Å². The molecule has 3 aromatic rings. The first-order valence-corrected chi connectivity index (χ1v) is 12.7. The fourth-order valence-corrected chi connectivity index (χ4v) is 5.42. The van der Waals surface area contributed by atoms with Crippen LogP contribution in [0.25, 0.3) is 21.8 Å². The molecule has 7 nitrogen and oxygen atoms in total. The van der Waals surface area contributed by atoms with Gasteiger partial charge in [-0.2, -0.15) is 0 Å². The highest BCUT2D eigenvalue weighted by atomic mass is 35.5. The van der Waals surface area contributed by atoms with Crippen LogP contribution >= 0.6 is 22.9 Å². The SMILES string of the molecule is CCOC(=O)N1CCC(c2nc(-c3ccc(F)c(Cl)c3)c(-c3ccnc(NC4CC4)n3)s2)CC1. The van der Waals surface area contributed by atoms with E-state index in [1.165, 1.54) is 6.07 Å². The highest BCUT2D eigenvalue weighted by Gasteiger charge is 2.29. The van der Waals surface area contributed by atoms with Crippen LogP contribution in [0.2, 0.25) is 5.02 Å². The Bertz CT molecular complexity index is 1190. The van der Waals surface area contributed by atoms with E-state index in [4.69, 9.17) is 26.3 Å². The fraction of sp³-hybridized carbons (Fsp3) is 0.417. The Kier molecular flexibility index (Phi) is 6.65. The van der Waals surface area contributed by atoms with E-state index in [1.54, 1.807) is 34.6 Å². The topological polar surface area (TPSA) is 80.2 Å². The van der Waals surface area contributed by atoms with Gasteiger partial charge in [0.1, 0.15) is 5.82 Å². The maximum Gasteiger partial charge on any atom is 0.409 e. The molecule has 2 aliphatic rings. The molecule has 178 valence electrons. The van der Waals surface area contributed by atoms with Crippen molar-refractivity contribution in [2.24, 2.45) is 0 Å². The van der Waals surface area contributed by atoms with Gasteiger partial charge in [0.2, 0.25) is 5.95 Å². The quantitative estimate of drug-likeness (QED) is 0.448. The molecule has 10 heteroatoms. The molecule has 3 heterocycles. The lowest BCUT2D eigenvalue weighted by Crippen LogP contribution is -2.38. The summed E-state index contributed by atoms with van der Waals surface area (Å²) in [6.07, 6.45) is 5.33. The predicted molar refractivity (Wildman–Crippen MR) is 131 cm³/mol. The number of anilines is 1. The van der Waals surface area contributed by atoms with Gasteiger partial charge in [0.15, 0.2) is 0 Å². The Balaban J connectivity index is 1.46. The van der Waals surface area contributed by atoms with Crippen LogP contribution in [0.1, 0.15) is 43.5 Å². The van der Waals surface area contributed by atoms with Crippen LogP contribution in [0.4, 0.5) is 15.1 Å². The van der Waals surface area contributed by atoms with Gasteiger partial charge < -0.3 is 15.0 Å². The van der Waals surface area contributed by atoms with Crippen molar-refractivity contribution in [1.29, 1.82) is 0 Å². The van der Waals surface area contributed by atoms with Crippen molar-refractivity contribution in [3.8, 4) is 21.8 Å². The number of likely N-dealkylation sites (tertiary alicyclic amines) is 1. The molecule has 0 spiro atoms. The average molecular weight is 502 g/mol. The van der Waals surface area contributed by atoms with Gasteiger partial charge >= 0.3 is 6.09 Å². The Morgan fingerprint density at radius 1 is 1.24 bits per heavy atom. The lowest BCUT2D eigenvalue weighted by molar-refractivity contribution is 0.0970. The number of rotatable bonds is 6. The molecule has 1 saturated carbocycles. The van der Waals surface area contributed by atoms with Gasteiger partial charge in [0.25, 0.3) is 0 Å². The van der Waals surface area contributed by atoms with Crippen LogP contribution in [0.3, 0.4) is 0 Å². The summed E-state index contributed by atoms with van der Waals surface area (Å²) in [7, 11) is 0. The third-order valence-corrected chi connectivity index (χ3v) is 7.54. The van der Waals surface area contributed by atoms with E-state index in [0.29, 0.717) is 31.7 Å². The molecule has 1 saturated heterocycles. The van der Waals surface area contributed by atoms with Gasteiger partial charge in [-0.3, -0.25) is 0 Å². The summed E-state index contributed by atoms with van der Waals surface area (Å²) in [5.41, 5.74) is 2.23. The smallest absolute Gasteiger partial charge is 0.409 e. The van der Waals surface area contributed by atoms with Gasteiger partial charge in [-0.15, -0.1) is 11.3 Å². The summed E-state index contributed by atoms with van der Waals surface area (Å²) in [4.78, 5) is 28.8. The average Bonchev–Trinajstić information content (AvgIpc) is 3.55. The van der Waals surface area contributed by atoms with Gasteiger partial charge in [-0.25, -0.2) is 24.1 Å². The van der Waals surface area contributed by atoms with E-state index in [2.05, 4.69) is 10.3 Å². The lowest BCUT2D eigenvalue weighted by atomic mass is 9.98. The van der Waals surface area contributed by atoms with Crippen LogP contribution in [0.5, 0.6) is 0 Å². The summed E-state index contributed by atoms with van der Waals surface area (Å²) < 4.78 is 19.0. The monoisotopic (exact) mass is 501 g/mol. The van der Waals surface area contributed by atoms with Gasteiger partial charge in [0, 0.05) is 36.8 Å². The Morgan fingerprint density at radius 2 is 2.03 bits per heavy atom. The molecule has 1 aliphatic heterocycles. The molecule has 2 aromatic heterocycles. The molecule has 5 rings (SSSR count). The summed E-state index contributed by atoms with van der Waals surface area (Å²) in [6.45, 7) is 3.43. The molecule has 0 radical (unpaired) electrons. The minimum Gasteiger partial charge on any atom is -0.450 e. The number of ether oxygens (including phenoxy) is 1. The van der Waals surface area contributed by atoms with Crippen molar-refractivity contribution in [3.05, 3.63) is 46.3 Å². The number of benzene rings is 1. The number of piperidine rings is 1. The van der Waals surface area contributed by atoms with E-state index >= 15 is 0 Å². The third-order valence-electron chi connectivity index (χ3n) is 6.01. The minimum atomic E-state index is -0.466. The van der Waals surface area contributed by atoms with Gasteiger partial charge in [-0.05, 0) is 56.9 Å². The van der Waals surface area contributed by atoms with Crippen LogP contribution < -0.4 is 5.32 Å². The first-order chi connectivity index (χ1) is 16.5. The number of nitrogens with zero attached hydrogens (tertiary/aromatic N) is 4. The van der Waals surface area contributed by atoms with Crippen molar-refractivity contribution in [2.75, 3.05) is 25.0 Å². The van der Waals surface area contributed by atoms with Crippen molar-refractivity contribution < 1.29 is 13.9 Å². The molecule has 0 atom stereocenters. The van der Waals surface area contributed by atoms with Gasteiger partial charge in [0.05, 0.1) is 32.9 Å². The molecular formula is C24H25ClFN5O2S. The van der Waals surface area contributed by atoms with Crippen molar-refractivity contribution in [2.45, 2.75) is 44.6 Å². The van der Waals surface area contributed by atoms with E-state index < -0.39 is 5.82 Å². The number of halogens is 2. The second-order valence-corrected chi connectivity index (χ2v) is 9.94. The van der Waals surface area contributed by atoms with Crippen LogP contribution in [0, 0.1) is 5.82 Å². The summed E-state index contributed by atoms with van der Waals surface area (Å²) in [6, 6.07) is 6.96. The Labute approximate surface area is 206 Å². The highest BCUT2D eigenvalue weighted by Crippen LogP contribution is 2.42. The number of hydrogen-bond donors (Lipinski definition) is 1. The zero-order chi connectivity index (χ0) is 23.7. The second kappa shape index (κ2) is 9.84. The fourth-order valence-electron chi connectivity index (χ4n) is 4.01.